The Hall–Kier alpha value is -2.48. The molecule has 1 amide bonds. The molecule has 1 aromatic heterocycles. The first-order valence-electron chi connectivity index (χ1n) is 6.83. The fourth-order valence-electron chi connectivity index (χ4n) is 1.82. The van der Waals surface area contributed by atoms with Gasteiger partial charge in [-0.25, -0.2) is 9.78 Å². The molecule has 0 spiro atoms. The molecule has 0 saturated carbocycles. The first kappa shape index (κ1) is 17.9. The maximum absolute atomic E-state index is 13.0. The summed E-state index contributed by atoms with van der Waals surface area (Å²) in [6.45, 7) is 1.88. The summed E-state index contributed by atoms with van der Waals surface area (Å²) < 4.78 is 43.8. The van der Waals surface area contributed by atoms with Gasteiger partial charge in [0.15, 0.2) is 0 Å². The van der Waals surface area contributed by atoms with Gasteiger partial charge in [0.2, 0.25) is 0 Å². The van der Waals surface area contributed by atoms with Crippen molar-refractivity contribution in [3.05, 3.63) is 47.1 Å². The highest BCUT2D eigenvalue weighted by molar-refractivity contribution is 6.30. The third-order valence-electron chi connectivity index (χ3n) is 2.84. The average Bonchev–Trinajstić information content (AvgIpc) is 2.50. The number of halogens is 4. The summed E-state index contributed by atoms with van der Waals surface area (Å²) in [5.41, 5.74) is -0.720. The third kappa shape index (κ3) is 4.76. The fraction of sp³-hybridized carbons (Fsp3) is 0.200. The van der Waals surface area contributed by atoms with Gasteiger partial charge in [-0.3, -0.25) is 5.32 Å². The summed E-state index contributed by atoms with van der Waals surface area (Å²) in [7, 11) is 0. The zero-order valence-electron chi connectivity index (χ0n) is 12.4. The molecule has 5 nitrogen and oxygen atoms in total. The number of hydrogen-bond acceptors (Lipinski definition) is 4. The van der Waals surface area contributed by atoms with E-state index in [2.05, 4.69) is 15.6 Å². The van der Waals surface area contributed by atoms with Crippen LogP contribution in [0.3, 0.4) is 0 Å². The van der Waals surface area contributed by atoms with Gasteiger partial charge in [-0.1, -0.05) is 11.6 Å². The van der Waals surface area contributed by atoms with E-state index < -0.39 is 17.8 Å². The van der Waals surface area contributed by atoms with Crippen LogP contribution in [0.1, 0.15) is 12.5 Å². The van der Waals surface area contributed by atoms with Gasteiger partial charge < -0.3 is 10.1 Å². The third-order valence-corrected chi connectivity index (χ3v) is 3.07. The van der Waals surface area contributed by atoms with E-state index in [1.54, 1.807) is 6.92 Å². The number of ether oxygens (including phenoxy) is 1. The highest BCUT2D eigenvalue weighted by atomic mass is 35.5. The van der Waals surface area contributed by atoms with Gasteiger partial charge in [-0.05, 0) is 37.3 Å². The quantitative estimate of drug-likeness (QED) is 0.800. The number of rotatable bonds is 4. The number of carbonyl (C=O) groups is 1. The van der Waals surface area contributed by atoms with E-state index in [0.717, 1.165) is 6.07 Å². The first-order valence-corrected chi connectivity index (χ1v) is 7.21. The molecule has 2 aromatic rings. The standard InChI is InChI=1S/C15H13ClF3N3O2/c1-2-24-14(23)21-10-4-6-13(20-8-10)22-12-5-3-9(16)7-11(12)15(17,18)19/h3-8H,2H2,1H3,(H,20,22)(H,21,23). The number of carbonyl (C=O) groups excluding carboxylic acids is 1. The average molecular weight is 360 g/mol. The molecule has 9 heteroatoms. The maximum atomic E-state index is 13.0. The SMILES string of the molecule is CCOC(=O)Nc1ccc(Nc2ccc(Cl)cc2C(F)(F)F)nc1. The van der Waals surface area contributed by atoms with Crippen molar-refractivity contribution in [1.29, 1.82) is 0 Å². The van der Waals surface area contributed by atoms with Crippen LogP contribution in [0.4, 0.5) is 35.2 Å². The molecule has 0 saturated heterocycles. The predicted octanol–water partition coefficient (Wildman–Crippen LogP) is 5.07. The number of pyridine rings is 1. The molecule has 0 aliphatic rings. The second kappa shape index (κ2) is 7.39. The Morgan fingerprint density at radius 3 is 2.62 bits per heavy atom. The summed E-state index contributed by atoms with van der Waals surface area (Å²) >= 11 is 5.63. The number of alkyl halides is 3. The van der Waals surface area contributed by atoms with Crippen LogP contribution in [0.2, 0.25) is 5.02 Å². The number of nitrogens with zero attached hydrogens (tertiary/aromatic N) is 1. The fourth-order valence-corrected chi connectivity index (χ4v) is 2.00. The zero-order chi connectivity index (χ0) is 17.7. The molecule has 0 atom stereocenters. The van der Waals surface area contributed by atoms with Gasteiger partial charge in [-0.2, -0.15) is 13.2 Å². The van der Waals surface area contributed by atoms with Gasteiger partial charge >= 0.3 is 12.3 Å². The van der Waals surface area contributed by atoms with Gasteiger partial charge in [-0.15, -0.1) is 0 Å². The molecular formula is C15H13ClF3N3O2. The van der Waals surface area contributed by atoms with E-state index >= 15 is 0 Å². The van der Waals surface area contributed by atoms with E-state index in [1.165, 1.54) is 30.5 Å². The van der Waals surface area contributed by atoms with E-state index in [9.17, 15) is 18.0 Å². The van der Waals surface area contributed by atoms with Crippen LogP contribution < -0.4 is 10.6 Å². The molecule has 0 fully saturated rings. The van der Waals surface area contributed by atoms with Crippen molar-refractivity contribution >= 4 is 34.9 Å². The van der Waals surface area contributed by atoms with E-state index in [0.29, 0.717) is 5.69 Å². The summed E-state index contributed by atoms with van der Waals surface area (Å²) in [5, 5.41) is 4.99. The van der Waals surface area contributed by atoms with E-state index in [-0.39, 0.29) is 23.1 Å². The van der Waals surface area contributed by atoms with Gasteiger partial charge in [0.25, 0.3) is 0 Å². The smallest absolute Gasteiger partial charge is 0.418 e. The van der Waals surface area contributed by atoms with Crippen LogP contribution in [0.5, 0.6) is 0 Å². The molecule has 0 aliphatic carbocycles. The number of nitrogens with one attached hydrogen (secondary N) is 2. The number of anilines is 3. The minimum Gasteiger partial charge on any atom is -0.450 e. The van der Waals surface area contributed by atoms with Crippen molar-refractivity contribution in [3.8, 4) is 0 Å². The number of hydrogen-bond donors (Lipinski definition) is 2. The van der Waals surface area contributed by atoms with E-state index in [1.807, 2.05) is 0 Å². The lowest BCUT2D eigenvalue weighted by Crippen LogP contribution is -2.13. The minimum absolute atomic E-state index is 0.0187. The Labute approximate surface area is 140 Å². The molecule has 2 N–H and O–H groups in total. The summed E-state index contributed by atoms with van der Waals surface area (Å²) in [5.74, 6) is 0.178. The van der Waals surface area contributed by atoms with Crippen molar-refractivity contribution in [3.63, 3.8) is 0 Å². The second-order valence-corrected chi connectivity index (χ2v) is 5.03. The molecule has 1 heterocycles. The maximum Gasteiger partial charge on any atom is 0.418 e. The largest absolute Gasteiger partial charge is 0.450 e. The zero-order valence-corrected chi connectivity index (χ0v) is 13.2. The molecular weight excluding hydrogens is 347 g/mol. The van der Waals surface area contributed by atoms with Gasteiger partial charge in [0, 0.05) is 5.02 Å². The Balaban J connectivity index is 2.16. The van der Waals surface area contributed by atoms with Crippen LogP contribution >= 0.6 is 11.6 Å². The summed E-state index contributed by atoms with van der Waals surface area (Å²) in [6, 6.07) is 6.31. The van der Waals surface area contributed by atoms with Crippen molar-refractivity contribution in [2.75, 3.05) is 17.2 Å². The van der Waals surface area contributed by atoms with Crippen molar-refractivity contribution in [1.82, 2.24) is 4.98 Å². The van der Waals surface area contributed by atoms with Crippen LogP contribution in [0.15, 0.2) is 36.5 Å². The molecule has 0 radical (unpaired) electrons. The first-order chi connectivity index (χ1) is 11.3. The van der Waals surface area contributed by atoms with Crippen LogP contribution in [0, 0.1) is 0 Å². The Morgan fingerprint density at radius 2 is 2.04 bits per heavy atom. The van der Waals surface area contributed by atoms with Crippen molar-refractivity contribution < 1.29 is 22.7 Å². The Bertz CT molecular complexity index is 721. The molecule has 1 aromatic carbocycles. The highest BCUT2D eigenvalue weighted by Crippen LogP contribution is 2.37. The molecule has 0 aliphatic heterocycles. The molecule has 2 rings (SSSR count). The molecule has 128 valence electrons. The van der Waals surface area contributed by atoms with Crippen LogP contribution in [-0.2, 0) is 10.9 Å². The minimum atomic E-state index is -4.56. The number of aromatic nitrogens is 1. The van der Waals surface area contributed by atoms with E-state index in [4.69, 9.17) is 16.3 Å². The lowest BCUT2D eigenvalue weighted by atomic mass is 10.1. The molecule has 0 bridgehead atoms. The van der Waals surface area contributed by atoms with Crippen LogP contribution in [-0.4, -0.2) is 17.7 Å². The monoisotopic (exact) mass is 359 g/mol. The highest BCUT2D eigenvalue weighted by Gasteiger charge is 2.33. The summed E-state index contributed by atoms with van der Waals surface area (Å²) in [4.78, 5) is 15.2. The molecule has 0 unspecified atom stereocenters. The predicted molar refractivity (Wildman–Crippen MR) is 84.6 cm³/mol. The normalized spacial score (nSPS) is 11.0. The number of amides is 1. The van der Waals surface area contributed by atoms with Gasteiger partial charge in [0.1, 0.15) is 5.82 Å². The second-order valence-electron chi connectivity index (χ2n) is 4.59. The Kier molecular flexibility index (Phi) is 5.50. The van der Waals surface area contributed by atoms with Crippen LogP contribution in [0.25, 0.3) is 0 Å². The summed E-state index contributed by atoms with van der Waals surface area (Å²) in [6.07, 6.45) is -3.90. The van der Waals surface area contributed by atoms with Gasteiger partial charge in [0.05, 0.1) is 29.7 Å². The Morgan fingerprint density at radius 1 is 1.29 bits per heavy atom. The lowest BCUT2D eigenvalue weighted by molar-refractivity contribution is -0.136. The lowest BCUT2D eigenvalue weighted by Gasteiger charge is -2.14. The van der Waals surface area contributed by atoms with Crippen molar-refractivity contribution in [2.24, 2.45) is 0 Å². The molecule has 24 heavy (non-hydrogen) atoms. The number of benzene rings is 1. The van der Waals surface area contributed by atoms with Crippen molar-refractivity contribution in [2.45, 2.75) is 13.1 Å². The topological polar surface area (TPSA) is 63.2 Å².